The number of carbonyl (C=O) groups is 1. The summed E-state index contributed by atoms with van der Waals surface area (Å²) in [5.41, 5.74) is 6.53. The summed E-state index contributed by atoms with van der Waals surface area (Å²) in [5.74, 6) is 0.127. The molecule has 0 aliphatic rings. The van der Waals surface area contributed by atoms with Gasteiger partial charge in [-0.25, -0.2) is 0 Å². The van der Waals surface area contributed by atoms with Crippen LogP contribution in [-0.2, 0) is 11.2 Å². The molecule has 0 spiro atoms. The van der Waals surface area contributed by atoms with Crippen molar-refractivity contribution < 1.29 is 4.79 Å². The van der Waals surface area contributed by atoms with Crippen LogP contribution in [0.25, 0.3) is 0 Å². The van der Waals surface area contributed by atoms with Gasteiger partial charge in [-0.15, -0.1) is 0 Å². The van der Waals surface area contributed by atoms with E-state index in [2.05, 4.69) is 25.8 Å². The van der Waals surface area contributed by atoms with Crippen molar-refractivity contribution in [2.75, 3.05) is 19.6 Å². The Morgan fingerprint density at radius 1 is 1.42 bits per heavy atom. The van der Waals surface area contributed by atoms with Gasteiger partial charge in [0, 0.05) is 25.0 Å². The molecule has 0 aliphatic carbocycles. The highest BCUT2D eigenvalue weighted by molar-refractivity contribution is 5.78. The molecule has 1 aromatic rings. The third kappa shape index (κ3) is 5.39. The van der Waals surface area contributed by atoms with E-state index >= 15 is 0 Å². The molecule has 4 heteroatoms. The predicted molar refractivity (Wildman–Crippen MR) is 77.6 cm³/mol. The van der Waals surface area contributed by atoms with Crippen molar-refractivity contribution in [1.82, 2.24) is 9.88 Å². The van der Waals surface area contributed by atoms with Crippen LogP contribution in [0.2, 0.25) is 0 Å². The molecule has 0 aromatic carbocycles. The summed E-state index contributed by atoms with van der Waals surface area (Å²) in [6.45, 7) is 8.30. The van der Waals surface area contributed by atoms with Crippen LogP contribution in [0.15, 0.2) is 24.4 Å². The average molecular weight is 263 g/mol. The Balaban J connectivity index is 2.68. The molecule has 106 valence electrons. The minimum atomic E-state index is -0.0467. The normalized spacial score (nSPS) is 11.4. The highest BCUT2D eigenvalue weighted by Crippen LogP contribution is 2.16. The van der Waals surface area contributed by atoms with E-state index in [0.29, 0.717) is 19.5 Å². The van der Waals surface area contributed by atoms with Crippen molar-refractivity contribution in [3.05, 3.63) is 30.1 Å². The molecule has 0 saturated carbocycles. The lowest BCUT2D eigenvalue weighted by atomic mass is 9.93. The first-order chi connectivity index (χ1) is 8.98. The molecule has 0 unspecified atom stereocenters. The van der Waals surface area contributed by atoms with Gasteiger partial charge in [0.25, 0.3) is 0 Å². The summed E-state index contributed by atoms with van der Waals surface area (Å²) in [6, 6.07) is 5.65. The molecule has 19 heavy (non-hydrogen) atoms. The van der Waals surface area contributed by atoms with Crippen molar-refractivity contribution in [1.29, 1.82) is 0 Å². The Hall–Kier alpha value is -1.42. The zero-order valence-electron chi connectivity index (χ0n) is 12.2. The Kier molecular flexibility index (Phi) is 5.96. The van der Waals surface area contributed by atoms with Crippen LogP contribution in [0.1, 0.15) is 32.9 Å². The Labute approximate surface area is 116 Å². The fourth-order valence-electron chi connectivity index (χ4n) is 1.91. The fraction of sp³-hybridized carbons (Fsp3) is 0.600. The molecule has 1 aromatic heterocycles. The van der Waals surface area contributed by atoms with Crippen LogP contribution in [0, 0.1) is 5.41 Å². The summed E-state index contributed by atoms with van der Waals surface area (Å²) >= 11 is 0. The van der Waals surface area contributed by atoms with Gasteiger partial charge in [0.1, 0.15) is 0 Å². The van der Waals surface area contributed by atoms with E-state index in [1.807, 2.05) is 23.1 Å². The Morgan fingerprint density at radius 2 is 2.16 bits per heavy atom. The lowest BCUT2D eigenvalue weighted by Crippen LogP contribution is -2.43. The lowest BCUT2D eigenvalue weighted by molar-refractivity contribution is -0.131. The number of aromatic nitrogens is 1. The standard InChI is InChI=1S/C15H25N3O/c1-4-9-18(12-15(2,3)11-16)14(19)10-13-7-5-6-8-17-13/h5-8H,4,9-12,16H2,1-3H3. The first kappa shape index (κ1) is 15.6. The van der Waals surface area contributed by atoms with Gasteiger partial charge in [-0.3, -0.25) is 9.78 Å². The summed E-state index contributed by atoms with van der Waals surface area (Å²) in [4.78, 5) is 18.5. The number of carbonyl (C=O) groups excluding carboxylic acids is 1. The molecule has 2 N–H and O–H groups in total. The first-order valence-electron chi connectivity index (χ1n) is 6.86. The van der Waals surface area contributed by atoms with E-state index in [9.17, 15) is 4.79 Å². The van der Waals surface area contributed by atoms with Gasteiger partial charge in [0.2, 0.25) is 5.91 Å². The second-order valence-corrected chi connectivity index (χ2v) is 5.68. The van der Waals surface area contributed by atoms with E-state index in [0.717, 1.165) is 18.7 Å². The second-order valence-electron chi connectivity index (χ2n) is 5.68. The second kappa shape index (κ2) is 7.24. The summed E-state index contributed by atoms with van der Waals surface area (Å²) in [6.07, 6.45) is 3.03. The van der Waals surface area contributed by atoms with Gasteiger partial charge in [-0.2, -0.15) is 0 Å². The average Bonchev–Trinajstić information content (AvgIpc) is 2.39. The lowest BCUT2D eigenvalue weighted by Gasteiger charge is -2.31. The highest BCUT2D eigenvalue weighted by Gasteiger charge is 2.23. The molecule has 1 rings (SSSR count). The van der Waals surface area contributed by atoms with E-state index in [1.165, 1.54) is 0 Å². The SMILES string of the molecule is CCCN(CC(C)(C)CN)C(=O)Cc1ccccn1. The van der Waals surface area contributed by atoms with Crippen LogP contribution in [-0.4, -0.2) is 35.4 Å². The molecule has 4 nitrogen and oxygen atoms in total. The minimum Gasteiger partial charge on any atom is -0.342 e. The molecule has 1 heterocycles. The van der Waals surface area contributed by atoms with Crippen molar-refractivity contribution in [2.45, 2.75) is 33.6 Å². The maximum Gasteiger partial charge on any atom is 0.228 e. The number of hydrogen-bond acceptors (Lipinski definition) is 3. The highest BCUT2D eigenvalue weighted by atomic mass is 16.2. The van der Waals surface area contributed by atoms with Crippen LogP contribution >= 0.6 is 0 Å². The van der Waals surface area contributed by atoms with Crippen LogP contribution in [0.5, 0.6) is 0 Å². The van der Waals surface area contributed by atoms with Gasteiger partial charge in [0.05, 0.1) is 6.42 Å². The summed E-state index contributed by atoms with van der Waals surface area (Å²) in [7, 11) is 0. The number of pyridine rings is 1. The van der Waals surface area contributed by atoms with Crippen LogP contribution in [0.4, 0.5) is 0 Å². The van der Waals surface area contributed by atoms with E-state index in [-0.39, 0.29) is 11.3 Å². The molecule has 0 atom stereocenters. The molecule has 0 radical (unpaired) electrons. The van der Waals surface area contributed by atoms with Crippen LogP contribution in [0.3, 0.4) is 0 Å². The fourth-order valence-corrected chi connectivity index (χ4v) is 1.91. The Morgan fingerprint density at radius 3 is 2.68 bits per heavy atom. The van der Waals surface area contributed by atoms with Crippen LogP contribution < -0.4 is 5.73 Å². The zero-order valence-corrected chi connectivity index (χ0v) is 12.2. The van der Waals surface area contributed by atoms with Crippen molar-refractivity contribution >= 4 is 5.91 Å². The molecule has 0 fully saturated rings. The van der Waals surface area contributed by atoms with Gasteiger partial charge in [-0.05, 0) is 30.5 Å². The molecule has 1 amide bonds. The number of amides is 1. The number of rotatable bonds is 7. The van der Waals surface area contributed by atoms with E-state index in [4.69, 9.17) is 5.73 Å². The maximum absolute atomic E-state index is 12.3. The predicted octanol–water partition coefficient (Wildman–Crippen LogP) is 1.85. The molecule has 0 bridgehead atoms. The number of nitrogens with zero attached hydrogens (tertiary/aromatic N) is 2. The summed E-state index contributed by atoms with van der Waals surface area (Å²) < 4.78 is 0. The van der Waals surface area contributed by atoms with Gasteiger partial charge >= 0.3 is 0 Å². The number of hydrogen-bond donors (Lipinski definition) is 1. The van der Waals surface area contributed by atoms with E-state index in [1.54, 1.807) is 6.20 Å². The first-order valence-corrected chi connectivity index (χ1v) is 6.86. The van der Waals surface area contributed by atoms with Gasteiger partial charge in [-0.1, -0.05) is 26.8 Å². The smallest absolute Gasteiger partial charge is 0.228 e. The van der Waals surface area contributed by atoms with Crippen molar-refractivity contribution in [3.63, 3.8) is 0 Å². The quantitative estimate of drug-likeness (QED) is 0.816. The largest absolute Gasteiger partial charge is 0.342 e. The molecular formula is C15H25N3O. The summed E-state index contributed by atoms with van der Waals surface area (Å²) in [5, 5.41) is 0. The molecular weight excluding hydrogens is 238 g/mol. The van der Waals surface area contributed by atoms with Crippen molar-refractivity contribution in [2.24, 2.45) is 11.1 Å². The molecule has 0 aliphatic heterocycles. The van der Waals surface area contributed by atoms with Crippen molar-refractivity contribution in [3.8, 4) is 0 Å². The monoisotopic (exact) mass is 263 g/mol. The Bertz CT molecular complexity index is 390. The minimum absolute atomic E-state index is 0.0467. The maximum atomic E-state index is 12.3. The van der Waals surface area contributed by atoms with E-state index < -0.39 is 0 Å². The topological polar surface area (TPSA) is 59.2 Å². The van der Waals surface area contributed by atoms with Gasteiger partial charge < -0.3 is 10.6 Å². The third-order valence-electron chi connectivity index (χ3n) is 3.08. The molecule has 0 saturated heterocycles. The zero-order chi connectivity index (χ0) is 14.3. The van der Waals surface area contributed by atoms with Gasteiger partial charge in [0.15, 0.2) is 0 Å². The number of nitrogens with two attached hydrogens (primary N) is 1. The third-order valence-corrected chi connectivity index (χ3v) is 3.08.